The quantitative estimate of drug-likeness (QED) is 0.568. The van der Waals surface area contributed by atoms with Crippen molar-refractivity contribution in [3.63, 3.8) is 0 Å². The van der Waals surface area contributed by atoms with E-state index < -0.39 is 0 Å². The van der Waals surface area contributed by atoms with Crippen LogP contribution in [0.2, 0.25) is 0 Å². The molecule has 1 heterocycles. The van der Waals surface area contributed by atoms with Gasteiger partial charge in [-0.05, 0) is 38.2 Å². The molecular weight excluding hydrogens is 286 g/mol. The van der Waals surface area contributed by atoms with Crippen molar-refractivity contribution in [2.75, 3.05) is 0 Å². The van der Waals surface area contributed by atoms with Crippen molar-refractivity contribution in [3.05, 3.63) is 18.0 Å². The molecule has 3 N–H and O–H groups in total. The first-order valence-corrected chi connectivity index (χ1v) is 9.15. The third-order valence-corrected chi connectivity index (χ3v) is 4.59. The van der Waals surface area contributed by atoms with Crippen molar-refractivity contribution >= 4 is 5.96 Å². The van der Waals surface area contributed by atoms with Crippen LogP contribution in [0.3, 0.4) is 0 Å². The van der Waals surface area contributed by atoms with Gasteiger partial charge < -0.3 is 11.1 Å². The number of hydrogen-bond donors (Lipinski definition) is 2. The van der Waals surface area contributed by atoms with E-state index in [9.17, 15) is 0 Å². The normalized spacial score (nSPS) is 17.8. The molecule has 23 heavy (non-hydrogen) atoms. The first-order valence-electron chi connectivity index (χ1n) is 9.15. The lowest BCUT2D eigenvalue weighted by molar-refractivity contribution is 0.463. The molecule has 0 aliphatic heterocycles. The van der Waals surface area contributed by atoms with Gasteiger partial charge in [-0.1, -0.05) is 39.5 Å². The highest BCUT2D eigenvalue weighted by Gasteiger charge is 2.17. The van der Waals surface area contributed by atoms with Gasteiger partial charge in [0.15, 0.2) is 5.96 Å². The van der Waals surface area contributed by atoms with E-state index in [1.54, 1.807) is 0 Å². The molecule has 0 bridgehead atoms. The van der Waals surface area contributed by atoms with E-state index in [2.05, 4.69) is 53.1 Å². The van der Waals surface area contributed by atoms with Gasteiger partial charge in [-0.25, -0.2) is 4.99 Å². The summed E-state index contributed by atoms with van der Waals surface area (Å²) in [6.45, 7) is 7.24. The Morgan fingerprint density at radius 1 is 1.35 bits per heavy atom. The average molecular weight is 319 g/mol. The van der Waals surface area contributed by atoms with Gasteiger partial charge in [-0.15, -0.1) is 0 Å². The van der Waals surface area contributed by atoms with Crippen molar-refractivity contribution in [1.29, 1.82) is 0 Å². The molecule has 1 saturated carbocycles. The number of guanidine groups is 1. The van der Waals surface area contributed by atoms with Crippen LogP contribution in [0.15, 0.2) is 17.3 Å². The number of rotatable bonds is 8. The topological polar surface area (TPSA) is 68.2 Å². The van der Waals surface area contributed by atoms with Crippen LogP contribution in [-0.4, -0.2) is 21.8 Å². The Morgan fingerprint density at radius 3 is 2.78 bits per heavy atom. The Hall–Kier alpha value is -1.52. The second kappa shape index (κ2) is 8.94. The zero-order chi connectivity index (χ0) is 16.7. The summed E-state index contributed by atoms with van der Waals surface area (Å²) < 4.78 is 2.11. The van der Waals surface area contributed by atoms with Gasteiger partial charge >= 0.3 is 0 Å². The molecule has 1 unspecified atom stereocenters. The van der Waals surface area contributed by atoms with Crippen LogP contribution in [0.4, 0.5) is 0 Å². The van der Waals surface area contributed by atoms with Gasteiger partial charge in [0.25, 0.3) is 0 Å². The van der Waals surface area contributed by atoms with Gasteiger partial charge in [0.05, 0.1) is 18.3 Å². The van der Waals surface area contributed by atoms with E-state index >= 15 is 0 Å². The molecule has 1 fully saturated rings. The minimum absolute atomic E-state index is 0.369. The molecule has 0 amide bonds. The number of aromatic nitrogens is 2. The lowest BCUT2D eigenvalue weighted by Crippen LogP contribution is -2.38. The summed E-state index contributed by atoms with van der Waals surface area (Å²) >= 11 is 0. The lowest BCUT2D eigenvalue weighted by Gasteiger charge is -2.14. The summed E-state index contributed by atoms with van der Waals surface area (Å²) in [5, 5.41) is 7.92. The molecule has 0 saturated heterocycles. The second-order valence-electron chi connectivity index (χ2n) is 7.30. The molecule has 1 atom stereocenters. The average Bonchev–Trinajstić information content (AvgIpc) is 3.15. The molecule has 1 aliphatic rings. The Balaban J connectivity index is 1.73. The fourth-order valence-corrected chi connectivity index (χ4v) is 3.20. The van der Waals surface area contributed by atoms with Crippen molar-refractivity contribution in [1.82, 2.24) is 15.1 Å². The van der Waals surface area contributed by atoms with E-state index in [4.69, 9.17) is 5.73 Å². The van der Waals surface area contributed by atoms with Crippen molar-refractivity contribution in [3.8, 4) is 0 Å². The smallest absolute Gasteiger partial charge is 0.189 e. The monoisotopic (exact) mass is 319 g/mol. The number of hydrogen-bond acceptors (Lipinski definition) is 2. The molecule has 0 radical (unpaired) electrons. The van der Waals surface area contributed by atoms with Crippen molar-refractivity contribution in [2.45, 2.75) is 84.3 Å². The van der Waals surface area contributed by atoms with Crippen LogP contribution in [0, 0.1) is 5.92 Å². The predicted molar refractivity (Wildman–Crippen MR) is 96.3 cm³/mol. The maximum atomic E-state index is 5.99. The summed E-state index contributed by atoms with van der Waals surface area (Å²) in [6.07, 6.45) is 10.9. The minimum Gasteiger partial charge on any atom is -0.370 e. The van der Waals surface area contributed by atoms with E-state index in [0.29, 0.717) is 24.6 Å². The van der Waals surface area contributed by atoms with Gasteiger partial charge in [0.1, 0.15) is 0 Å². The third kappa shape index (κ3) is 6.24. The minimum atomic E-state index is 0.369. The highest BCUT2D eigenvalue weighted by atomic mass is 15.3. The first-order chi connectivity index (χ1) is 11.0. The lowest BCUT2D eigenvalue weighted by atomic mass is 10.0. The van der Waals surface area contributed by atoms with Crippen LogP contribution < -0.4 is 11.1 Å². The van der Waals surface area contributed by atoms with Crippen LogP contribution in [0.5, 0.6) is 0 Å². The Morgan fingerprint density at radius 2 is 2.09 bits per heavy atom. The van der Waals surface area contributed by atoms with Crippen LogP contribution in [0.25, 0.3) is 0 Å². The molecule has 130 valence electrons. The molecule has 1 aromatic heterocycles. The van der Waals surface area contributed by atoms with Crippen LogP contribution in [0.1, 0.15) is 77.5 Å². The molecule has 1 aliphatic carbocycles. The summed E-state index contributed by atoms with van der Waals surface area (Å²) in [5.74, 6) is 1.29. The van der Waals surface area contributed by atoms with E-state index in [-0.39, 0.29) is 0 Å². The first kappa shape index (κ1) is 17.8. The van der Waals surface area contributed by atoms with Crippen molar-refractivity contribution in [2.24, 2.45) is 16.6 Å². The highest BCUT2D eigenvalue weighted by molar-refractivity contribution is 5.78. The molecule has 0 spiro atoms. The molecule has 5 heteroatoms. The van der Waals surface area contributed by atoms with E-state index in [1.165, 1.54) is 38.5 Å². The van der Waals surface area contributed by atoms with Gasteiger partial charge in [-0.3, -0.25) is 4.68 Å². The molecule has 5 nitrogen and oxygen atoms in total. The summed E-state index contributed by atoms with van der Waals surface area (Å²) in [4.78, 5) is 4.43. The zero-order valence-corrected chi connectivity index (χ0v) is 15.0. The molecular formula is C18H33N5. The zero-order valence-electron chi connectivity index (χ0n) is 15.0. The third-order valence-electron chi connectivity index (χ3n) is 4.59. The molecule has 1 aromatic rings. The number of nitrogens with zero attached hydrogens (tertiary/aromatic N) is 3. The molecule has 2 rings (SSSR count). The number of nitrogens with two attached hydrogens (primary N) is 1. The SMILES string of the molecule is CC(C)CCCC(C)NC(N)=NCc1ccn(C2CCCC2)n1. The van der Waals surface area contributed by atoms with Crippen LogP contribution in [-0.2, 0) is 6.54 Å². The highest BCUT2D eigenvalue weighted by Crippen LogP contribution is 2.28. The van der Waals surface area contributed by atoms with Gasteiger partial charge in [0.2, 0.25) is 0 Å². The Labute approximate surface area is 140 Å². The fourth-order valence-electron chi connectivity index (χ4n) is 3.20. The Bertz CT molecular complexity index is 485. The van der Waals surface area contributed by atoms with E-state index in [0.717, 1.165) is 18.0 Å². The van der Waals surface area contributed by atoms with Crippen molar-refractivity contribution < 1.29 is 0 Å². The summed E-state index contributed by atoms with van der Waals surface area (Å²) in [5.41, 5.74) is 6.98. The number of nitrogens with one attached hydrogen (secondary N) is 1. The summed E-state index contributed by atoms with van der Waals surface area (Å²) in [6, 6.07) is 3.01. The largest absolute Gasteiger partial charge is 0.370 e. The van der Waals surface area contributed by atoms with Crippen LogP contribution >= 0.6 is 0 Å². The van der Waals surface area contributed by atoms with Gasteiger partial charge in [0, 0.05) is 12.2 Å². The fraction of sp³-hybridized carbons (Fsp3) is 0.778. The summed E-state index contributed by atoms with van der Waals surface area (Å²) in [7, 11) is 0. The van der Waals surface area contributed by atoms with E-state index in [1.807, 2.05) is 0 Å². The molecule has 0 aromatic carbocycles. The van der Waals surface area contributed by atoms with Gasteiger partial charge in [-0.2, -0.15) is 5.10 Å². The maximum Gasteiger partial charge on any atom is 0.189 e. The second-order valence-corrected chi connectivity index (χ2v) is 7.30. The predicted octanol–water partition coefficient (Wildman–Crippen LogP) is 3.62. The Kier molecular flexibility index (Phi) is 6.93. The maximum absolute atomic E-state index is 5.99. The standard InChI is InChI=1S/C18H33N5/c1-14(2)7-6-8-15(3)21-18(19)20-13-16-11-12-23(22-16)17-9-4-5-10-17/h11-12,14-15,17H,4-10,13H2,1-3H3,(H3,19,20,21). The number of aliphatic imine (C=N–C) groups is 1.